The Morgan fingerprint density at radius 1 is 1.57 bits per heavy atom. The quantitative estimate of drug-likeness (QED) is 0.492. The van der Waals surface area contributed by atoms with E-state index in [-0.39, 0.29) is 0 Å². The molecule has 2 saturated heterocycles. The summed E-state index contributed by atoms with van der Waals surface area (Å²) in [4.78, 5) is 0. The van der Waals surface area contributed by atoms with E-state index in [4.69, 9.17) is 0 Å². The van der Waals surface area contributed by atoms with Crippen molar-refractivity contribution in [3.8, 4) is 0 Å². The Morgan fingerprint density at radius 3 is 2.86 bits per heavy atom. The van der Waals surface area contributed by atoms with Crippen molar-refractivity contribution in [3.63, 3.8) is 0 Å². The molecule has 2 fully saturated rings. The van der Waals surface area contributed by atoms with Gasteiger partial charge in [-0.25, -0.2) is 0 Å². The van der Waals surface area contributed by atoms with Crippen LogP contribution in [0.25, 0.3) is 0 Å². The minimum atomic E-state index is 0.907. The molecular weight excluding hydrogens is 106 g/mol. The second-order valence-corrected chi connectivity index (χ2v) is 3.56. The lowest BCUT2D eigenvalue weighted by Gasteiger charge is -2.30. The number of thioether (sulfide) groups is 1. The predicted octanol–water partition coefficient (Wildman–Crippen LogP) is 0.464. The van der Waals surface area contributed by atoms with E-state index < -0.39 is 0 Å². The van der Waals surface area contributed by atoms with Crippen LogP contribution in [0.3, 0.4) is 0 Å². The first kappa shape index (κ1) is 4.21. The lowest BCUT2D eigenvalue weighted by Crippen LogP contribution is -2.52. The molecule has 7 heavy (non-hydrogen) atoms. The van der Waals surface area contributed by atoms with Crippen LogP contribution in [0.2, 0.25) is 0 Å². The second kappa shape index (κ2) is 1.39. The summed E-state index contributed by atoms with van der Waals surface area (Å²) >= 11 is 2.13. The lowest BCUT2D eigenvalue weighted by atomic mass is 10.1. The Bertz CT molecular complexity index is 74.1. The molecule has 1 nitrogen and oxygen atoms in total. The third kappa shape index (κ3) is 0.500. The van der Waals surface area contributed by atoms with Gasteiger partial charge in [0.15, 0.2) is 0 Å². The van der Waals surface area contributed by atoms with Gasteiger partial charge in [0, 0.05) is 17.8 Å². The number of nitrogens with one attached hydrogen (secondary N) is 1. The molecule has 2 atom stereocenters. The summed E-state index contributed by atoms with van der Waals surface area (Å²) in [6, 6.07) is 0.907. The summed E-state index contributed by atoms with van der Waals surface area (Å²) in [6.45, 7) is 1.27. The fourth-order valence-electron chi connectivity index (χ4n) is 1.19. The summed E-state index contributed by atoms with van der Waals surface area (Å²) in [6.07, 6.45) is 1.41. The molecule has 2 aliphatic heterocycles. The predicted molar refractivity (Wildman–Crippen MR) is 32.7 cm³/mol. The van der Waals surface area contributed by atoms with E-state index in [1.54, 1.807) is 0 Å². The number of hydrogen-bond acceptors (Lipinski definition) is 2. The zero-order valence-electron chi connectivity index (χ0n) is 4.18. The van der Waals surface area contributed by atoms with Gasteiger partial charge in [0.2, 0.25) is 0 Å². The Balaban J connectivity index is 2.03. The van der Waals surface area contributed by atoms with Crippen molar-refractivity contribution < 1.29 is 0 Å². The van der Waals surface area contributed by atoms with Gasteiger partial charge in [-0.15, -0.1) is 0 Å². The van der Waals surface area contributed by atoms with Crippen molar-refractivity contribution in [2.24, 2.45) is 0 Å². The molecule has 0 radical (unpaired) electrons. The van der Waals surface area contributed by atoms with E-state index in [0.29, 0.717) is 0 Å². The van der Waals surface area contributed by atoms with Crippen molar-refractivity contribution >= 4 is 11.8 Å². The van der Waals surface area contributed by atoms with Crippen LogP contribution in [-0.4, -0.2) is 23.6 Å². The van der Waals surface area contributed by atoms with Crippen LogP contribution in [0.1, 0.15) is 6.42 Å². The summed E-state index contributed by atoms with van der Waals surface area (Å²) in [7, 11) is 0. The first-order valence-corrected chi connectivity index (χ1v) is 3.87. The van der Waals surface area contributed by atoms with E-state index in [1.165, 1.54) is 18.7 Å². The molecule has 2 aliphatic rings. The third-order valence-electron chi connectivity index (χ3n) is 1.79. The highest BCUT2D eigenvalue weighted by Gasteiger charge is 2.34. The fraction of sp³-hybridized carbons (Fsp3) is 1.00. The Hall–Kier alpha value is 0.310. The zero-order valence-corrected chi connectivity index (χ0v) is 5.00. The molecule has 0 aromatic carbocycles. The van der Waals surface area contributed by atoms with Crippen LogP contribution >= 0.6 is 11.8 Å². The highest BCUT2D eigenvalue weighted by atomic mass is 32.2. The molecule has 0 saturated carbocycles. The van der Waals surface area contributed by atoms with Gasteiger partial charge in [0.05, 0.1) is 0 Å². The van der Waals surface area contributed by atoms with E-state index in [2.05, 4.69) is 17.1 Å². The highest BCUT2D eigenvalue weighted by Crippen LogP contribution is 2.31. The molecule has 2 rings (SSSR count). The molecule has 0 aromatic rings. The minimum Gasteiger partial charge on any atom is -0.312 e. The Kier molecular flexibility index (Phi) is 0.837. The SMILES string of the molecule is C1CC2NCC2S1. The second-order valence-electron chi connectivity index (χ2n) is 2.21. The molecule has 2 unspecified atom stereocenters. The van der Waals surface area contributed by atoms with Crippen LogP contribution in [0, 0.1) is 0 Å². The van der Waals surface area contributed by atoms with Gasteiger partial charge in [-0.3, -0.25) is 0 Å². The Morgan fingerprint density at radius 2 is 2.57 bits per heavy atom. The van der Waals surface area contributed by atoms with Crippen LogP contribution in [0.15, 0.2) is 0 Å². The molecule has 0 aromatic heterocycles. The number of fused-ring (bicyclic) bond motifs is 1. The largest absolute Gasteiger partial charge is 0.312 e. The molecule has 2 heteroatoms. The van der Waals surface area contributed by atoms with Gasteiger partial charge in [-0.1, -0.05) is 0 Å². The highest BCUT2D eigenvalue weighted by molar-refractivity contribution is 8.00. The van der Waals surface area contributed by atoms with Crippen molar-refractivity contribution in [1.29, 1.82) is 0 Å². The first-order chi connectivity index (χ1) is 3.47. The number of hydrogen-bond donors (Lipinski definition) is 1. The van der Waals surface area contributed by atoms with Crippen LogP contribution < -0.4 is 5.32 Å². The molecule has 0 spiro atoms. The first-order valence-electron chi connectivity index (χ1n) is 2.82. The van der Waals surface area contributed by atoms with E-state index in [1.807, 2.05) is 0 Å². The summed E-state index contributed by atoms with van der Waals surface area (Å²) < 4.78 is 0. The molecular formula is C5H9NS. The van der Waals surface area contributed by atoms with Gasteiger partial charge < -0.3 is 5.32 Å². The van der Waals surface area contributed by atoms with Gasteiger partial charge >= 0.3 is 0 Å². The average molecular weight is 115 g/mol. The summed E-state index contributed by atoms with van der Waals surface area (Å²) in [5, 5.41) is 4.39. The van der Waals surface area contributed by atoms with Gasteiger partial charge in [0.1, 0.15) is 0 Å². The Labute approximate surface area is 47.9 Å². The van der Waals surface area contributed by atoms with Crippen molar-refractivity contribution in [3.05, 3.63) is 0 Å². The maximum absolute atomic E-state index is 3.39. The minimum absolute atomic E-state index is 0.907. The molecule has 0 aliphatic carbocycles. The van der Waals surface area contributed by atoms with E-state index in [9.17, 15) is 0 Å². The number of rotatable bonds is 0. The topological polar surface area (TPSA) is 12.0 Å². The van der Waals surface area contributed by atoms with E-state index in [0.717, 1.165) is 11.3 Å². The van der Waals surface area contributed by atoms with E-state index >= 15 is 0 Å². The molecule has 0 bridgehead atoms. The van der Waals surface area contributed by atoms with Crippen LogP contribution in [0.5, 0.6) is 0 Å². The fourth-order valence-corrected chi connectivity index (χ4v) is 2.56. The normalized spacial score (nSPS) is 48.0. The summed E-state index contributed by atoms with van der Waals surface area (Å²) in [5.74, 6) is 1.39. The average Bonchev–Trinajstić information content (AvgIpc) is 1.85. The monoisotopic (exact) mass is 115 g/mol. The zero-order chi connectivity index (χ0) is 4.69. The van der Waals surface area contributed by atoms with Crippen LogP contribution in [0.4, 0.5) is 0 Å². The van der Waals surface area contributed by atoms with Gasteiger partial charge in [-0.2, -0.15) is 11.8 Å². The lowest BCUT2D eigenvalue weighted by molar-refractivity contribution is 0.395. The van der Waals surface area contributed by atoms with Crippen molar-refractivity contribution in [2.75, 3.05) is 12.3 Å². The maximum atomic E-state index is 3.39. The molecule has 0 amide bonds. The molecule has 1 N–H and O–H groups in total. The maximum Gasteiger partial charge on any atom is 0.0326 e. The third-order valence-corrected chi connectivity index (χ3v) is 3.19. The molecule has 40 valence electrons. The van der Waals surface area contributed by atoms with Crippen LogP contribution in [-0.2, 0) is 0 Å². The van der Waals surface area contributed by atoms with Gasteiger partial charge in [0.25, 0.3) is 0 Å². The standard InChI is InChI=1S/C5H9NS/c1-2-7-5-3-6-4(1)5/h4-6H,1-3H2. The van der Waals surface area contributed by atoms with Crippen molar-refractivity contribution in [2.45, 2.75) is 17.7 Å². The summed E-state index contributed by atoms with van der Waals surface area (Å²) in [5.41, 5.74) is 0. The van der Waals surface area contributed by atoms with Crippen molar-refractivity contribution in [1.82, 2.24) is 5.32 Å². The van der Waals surface area contributed by atoms with Gasteiger partial charge in [-0.05, 0) is 12.2 Å². The smallest absolute Gasteiger partial charge is 0.0326 e. The molecule has 2 heterocycles.